The highest BCUT2D eigenvalue weighted by molar-refractivity contribution is 6.06. The minimum Gasteiger partial charge on any atom is -0.494 e. The lowest BCUT2D eigenvalue weighted by Gasteiger charge is -2.11. The molecule has 0 unspecified atom stereocenters. The van der Waals surface area contributed by atoms with Crippen molar-refractivity contribution < 1.29 is 13.9 Å². The summed E-state index contributed by atoms with van der Waals surface area (Å²) >= 11 is 0. The van der Waals surface area contributed by atoms with E-state index in [4.69, 9.17) is 9.15 Å². The number of rotatable bonds is 6. The second kappa shape index (κ2) is 8.24. The average Bonchev–Trinajstić information content (AvgIpc) is 3.25. The molecule has 0 bridgehead atoms. The fraction of sp³-hybridized carbons (Fsp3) is 0.174. The van der Waals surface area contributed by atoms with Crippen molar-refractivity contribution in [3.63, 3.8) is 0 Å². The third kappa shape index (κ3) is 3.96. The molecule has 0 aliphatic heterocycles. The molecule has 0 aliphatic rings. The van der Waals surface area contributed by atoms with E-state index in [9.17, 15) is 9.59 Å². The van der Waals surface area contributed by atoms with E-state index in [1.807, 2.05) is 6.92 Å². The Morgan fingerprint density at radius 1 is 1.20 bits per heavy atom. The molecule has 0 radical (unpaired) electrons. The number of nitrogens with one attached hydrogen (secondary N) is 1. The van der Waals surface area contributed by atoms with Crippen molar-refractivity contribution in [2.45, 2.75) is 20.4 Å². The maximum absolute atomic E-state index is 12.9. The van der Waals surface area contributed by atoms with Crippen LogP contribution in [0.3, 0.4) is 0 Å². The fourth-order valence-electron chi connectivity index (χ4n) is 3.23. The van der Waals surface area contributed by atoms with Crippen LogP contribution in [0.15, 0.2) is 70.2 Å². The van der Waals surface area contributed by atoms with Gasteiger partial charge in [0.25, 0.3) is 11.5 Å². The van der Waals surface area contributed by atoms with Gasteiger partial charge < -0.3 is 19.0 Å². The van der Waals surface area contributed by atoms with Crippen molar-refractivity contribution in [2.75, 3.05) is 11.9 Å². The number of pyridine rings is 2. The quantitative estimate of drug-likeness (QED) is 0.526. The van der Waals surface area contributed by atoms with Crippen LogP contribution in [0.25, 0.3) is 10.9 Å². The molecule has 0 saturated heterocycles. The summed E-state index contributed by atoms with van der Waals surface area (Å²) in [5.41, 5.74) is 1.85. The molecule has 1 aromatic carbocycles. The molecule has 1 N–H and O–H groups in total. The highest BCUT2D eigenvalue weighted by Gasteiger charge is 2.15. The first-order valence-corrected chi connectivity index (χ1v) is 9.62. The number of amides is 1. The third-order valence-electron chi connectivity index (χ3n) is 4.72. The van der Waals surface area contributed by atoms with Gasteiger partial charge in [-0.3, -0.25) is 14.6 Å². The normalized spacial score (nSPS) is 10.9. The van der Waals surface area contributed by atoms with Gasteiger partial charge in [-0.05, 0) is 62.4 Å². The summed E-state index contributed by atoms with van der Waals surface area (Å²) in [7, 11) is 0. The third-order valence-corrected chi connectivity index (χ3v) is 4.72. The van der Waals surface area contributed by atoms with Crippen molar-refractivity contribution in [3.8, 4) is 5.75 Å². The first-order chi connectivity index (χ1) is 14.5. The van der Waals surface area contributed by atoms with Gasteiger partial charge in [-0.15, -0.1) is 0 Å². The molecule has 7 heteroatoms. The fourth-order valence-corrected chi connectivity index (χ4v) is 3.23. The molecule has 0 spiro atoms. The molecule has 30 heavy (non-hydrogen) atoms. The number of nitrogens with zero attached hydrogens (tertiary/aromatic N) is 2. The molecule has 1 amide bonds. The Labute approximate surface area is 172 Å². The molecule has 4 rings (SSSR count). The lowest BCUT2D eigenvalue weighted by molar-refractivity contribution is 0.102. The van der Waals surface area contributed by atoms with E-state index in [-0.39, 0.29) is 11.5 Å². The lowest BCUT2D eigenvalue weighted by Crippen LogP contribution is -2.21. The first-order valence-electron chi connectivity index (χ1n) is 9.62. The van der Waals surface area contributed by atoms with Gasteiger partial charge in [0.1, 0.15) is 11.5 Å². The van der Waals surface area contributed by atoms with Crippen molar-refractivity contribution >= 4 is 22.5 Å². The van der Waals surface area contributed by atoms with E-state index in [0.717, 1.165) is 5.75 Å². The number of aromatic nitrogens is 2. The van der Waals surface area contributed by atoms with Crippen molar-refractivity contribution in [3.05, 3.63) is 88.4 Å². The van der Waals surface area contributed by atoms with Gasteiger partial charge in [0.05, 0.1) is 41.6 Å². The molecule has 0 saturated carbocycles. The molecule has 3 heterocycles. The van der Waals surface area contributed by atoms with Crippen molar-refractivity contribution in [1.82, 2.24) is 9.55 Å². The largest absolute Gasteiger partial charge is 0.494 e. The maximum Gasteiger partial charge on any atom is 0.260 e. The van der Waals surface area contributed by atoms with Gasteiger partial charge in [-0.2, -0.15) is 0 Å². The van der Waals surface area contributed by atoms with Gasteiger partial charge in [0.15, 0.2) is 0 Å². The van der Waals surface area contributed by atoms with Crippen LogP contribution in [0.2, 0.25) is 0 Å². The summed E-state index contributed by atoms with van der Waals surface area (Å²) in [6.07, 6.45) is 3.25. The first kappa shape index (κ1) is 19.4. The zero-order valence-electron chi connectivity index (χ0n) is 16.7. The molecule has 3 aromatic heterocycles. The monoisotopic (exact) mass is 403 g/mol. The Morgan fingerprint density at radius 2 is 2.00 bits per heavy atom. The van der Waals surface area contributed by atoms with Gasteiger partial charge in [0, 0.05) is 11.9 Å². The zero-order valence-corrected chi connectivity index (χ0v) is 16.7. The lowest BCUT2D eigenvalue weighted by atomic mass is 10.1. The Hall–Kier alpha value is -3.87. The second-order valence-electron chi connectivity index (χ2n) is 6.79. The molecular weight excluding hydrogens is 382 g/mol. The highest BCUT2D eigenvalue weighted by atomic mass is 16.5. The topological polar surface area (TPSA) is 86.4 Å². The number of hydrogen-bond acceptors (Lipinski definition) is 5. The Balaban J connectivity index is 1.64. The molecule has 0 atom stereocenters. The molecule has 0 fully saturated rings. The summed E-state index contributed by atoms with van der Waals surface area (Å²) in [4.78, 5) is 30.2. The average molecular weight is 403 g/mol. The van der Waals surface area contributed by atoms with Crippen LogP contribution in [0, 0.1) is 6.92 Å². The summed E-state index contributed by atoms with van der Waals surface area (Å²) in [6, 6.07) is 14.1. The van der Waals surface area contributed by atoms with Gasteiger partial charge in [0.2, 0.25) is 0 Å². The number of furan rings is 1. The van der Waals surface area contributed by atoms with Crippen LogP contribution in [-0.4, -0.2) is 22.1 Å². The maximum atomic E-state index is 12.9. The number of carbonyl (C=O) groups excluding carboxylic acids is 1. The predicted molar refractivity (Wildman–Crippen MR) is 114 cm³/mol. The summed E-state index contributed by atoms with van der Waals surface area (Å²) < 4.78 is 12.3. The smallest absolute Gasteiger partial charge is 0.260 e. The summed E-state index contributed by atoms with van der Waals surface area (Å²) in [6.45, 7) is 4.54. The van der Waals surface area contributed by atoms with Crippen LogP contribution in [0.5, 0.6) is 5.75 Å². The zero-order chi connectivity index (χ0) is 21.1. The Bertz CT molecular complexity index is 1240. The van der Waals surface area contributed by atoms with E-state index in [2.05, 4.69) is 10.3 Å². The minimum absolute atomic E-state index is 0.230. The van der Waals surface area contributed by atoms with Crippen LogP contribution in [0.4, 0.5) is 5.69 Å². The number of ether oxygens (including phenoxy) is 1. The van der Waals surface area contributed by atoms with E-state index < -0.39 is 0 Å². The summed E-state index contributed by atoms with van der Waals surface area (Å²) in [5.74, 6) is 1.08. The van der Waals surface area contributed by atoms with E-state index >= 15 is 0 Å². The predicted octanol–water partition coefficient (Wildman–Crippen LogP) is 4.00. The minimum atomic E-state index is -0.327. The number of hydrogen-bond donors (Lipinski definition) is 1. The number of benzene rings is 1. The van der Waals surface area contributed by atoms with Crippen LogP contribution in [-0.2, 0) is 6.54 Å². The number of aryl methyl sites for hydroxylation is 1. The van der Waals surface area contributed by atoms with Gasteiger partial charge in [-0.25, -0.2) is 0 Å². The van der Waals surface area contributed by atoms with E-state index in [1.54, 1.807) is 67.9 Å². The summed E-state index contributed by atoms with van der Waals surface area (Å²) in [5, 5.41) is 3.23. The standard InChI is InChI=1S/C23H21N3O4/c1-3-29-17-8-6-16(7-9-17)25-22(27)19-13-20-21(24-15(19)2)10-11-26(23(20)28)14-18-5-4-12-30-18/h4-13H,3,14H2,1-2H3,(H,25,27). The van der Waals surface area contributed by atoms with Gasteiger partial charge in [-0.1, -0.05) is 0 Å². The molecule has 0 aliphatic carbocycles. The number of carbonyl (C=O) groups is 1. The SMILES string of the molecule is CCOc1ccc(NC(=O)c2cc3c(=O)n(Cc4ccco4)ccc3nc2C)cc1. The van der Waals surface area contributed by atoms with Crippen LogP contribution < -0.4 is 15.6 Å². The van der Waals surface area contributed by atoms with Crippen LogP contribution in [0.1, 0.15) is 28.7 Å². The molecule has 7 nitrogen and oxygen atoms in total. The van der Waals surface area contributed by atoms with Crippen molar-refractivity contribution in [2.24, 2.45) is 0 Å². The Kier molecular flexibility index (Phi) is 5.34. The number of fused-ring (bicyclic) bond motifs is 1. The second-order valence-corrected chi connectivity index (χ2v) is 6.79. The highest BCUT2D eigenvalue weighted by Crippen LogP contribution is 2.19. The van der Waals surface area contributed by atoms with Gasteiger partial charge >= 0.3 is 0 Å². The molecular formula is C23H21N3O4. The molecule has 4 aromatic rings. The number of anilines is 1. The van der Waals surface area contributed by atoms with Crippen molar-refractivity contribution in [1.29, 1.82) is 0 Å². The van der Waals surface area contributed by atoms with E-state index in [1.165, 1.54) is 4.57 Å². The van der Waals surface area contributed by atoms with Crippen LogP contribution >= 0.6 is 0 Å². The molecule has 152 valence electrons. The Morgan fingerprint density at radius 3 is 2.70 bits per heavy atom. The van der Waals surface area contributed by atoms with E-state index in [0.29, 0.717) is 46.8 Å².